The molecule has 0 atom stereocenters. The third-order valence-electron chi connectivity index (χ3n) is 2.53. The molecule has 0 spiro atoms. The summed E-state index contributed by atoms with van der Waals surface area (Å²) in [7, 11) is 0. The number of hydrogen-bond donors (Lipinski definition) is 2. The molecule has 7 heteroatoms. The Kier molecular flexibility index (Phi) is 4.00. The van der Waals surface area contributed by atoms with E-state index in [9.17, 15) is 9.18 Å². The van der Waals surface area contributed by atoms with E-state index in [2.05, 4.69) is 10.3 Å². The van der Waals surface area contributed by atoms with Gasteiger partial charge in [0, 0.05) is 26.1 Å². The predicted molar refractivity (Wildman–Crippen MR) is 78.5 cm³/mol. The first kappa shape index (κ1) is 13.5. The van der Waals surface area contributed by atoms with E-state index in [1.54, 1.807) is 10.6 Å². The molecule has 1 aromatic heterocycles. The van der Waals surface area contributed by atoms with Gasteiger partial charge in [-0.2, -0.15) is 0 Å². The zero-order chi connectivity index (χ0) is 13.3. The molecule has 0 saturated heterocycles. The molecule has 0 radical (unpaired) electrons. The lowest BCUT2D eigenvalue weighted by Gasteiger charge is -2.05. The average molecular weight is 379 g/mol. The maximum atomic E-state index is 13.5. The van der Waals surface area contributed by atoms with E-state index in [4.69, 9.17) is 12.2 Å². The number of rotatable bonds is 3. The molecule has 0 saturated carbocycles. The predicted octanol–water partition coefficient (Wildman–Crippen LogP) is 2.58. The summed E-state index contributed by atoms with van der Waals surface area (Å²) in [4.78, 5) is 13.8. The molecule has 0 aliphatic heterocycles. The zero-order valence-electron chi connectivity index (χ0n) is 9.59. The number of carbonyl (C=O) groups excluding carboxylic acids is 1. The number of aromatic nitrogens is 2. The highest BCUT2D eigenvalue weighted by atomic mass is 127. The van der Waals surface area contributed by atoms with Crippen LogP contribution in [0.5, 0.6) is 0 Å². The third-order valence-corrected chi connectivity index (χ3v) is 3.67. The Morgan fingerprint density at radius 1 is 1.61 bits per heavy atom. The number of hydrogen-bond acceptors (Lipinski definition) is 2. The summed E-state index contributed by atoms with van der Waals surface area (Å²) in [5, 5.41) is 2.69. The van der Waals surface area contributed by atoms with Gasteiger partial charge in [-0.1, -0.05) is 0 Å². The van der Waals surface area contributed by atoms with Crippen LogP contribution in [-0.4, -0.2) is 22.0 Å². The molecule has 96 valence electrons. The van der Waals surface area contributed by atoms with Gasteiger partial charge in [0.1, 0.15) is 5.82 Å². The summed E-state index contributed by atoms with van der Waals surface area (Å²) >= 11 is 7.12. The molecular weight excluding hydrogens is 368 g/mol. The van der Waals surface area contributed by atoms with Crippen LogP contribution in [0.4, 0.5) is 4.39 Å². The van der Waals surface area contributed by atoms with Crippen molar-refractivity contribution < 1.29 is 9.18 Å². The average Bonchev–Trinajstić information content (AvgIpc) is 2.56. The number of fused-ring (bicyclic) bond motifs is 1. The Morgan fingerprint density at radius 3 is 3.00 bits per heavy atom. The van der Waals surface area contributed by atoms with Crippen molar-refractivity contribution in [3.05, 3.63) is 26.3 Å². The number of carbonyl (C=O) groups is 1. The number of halogens is 2. The van der Waals surface area contributed by atoms with Crippen LogP contribution in [0.15, 0.2) is 12.1 Å². The number of imidazole rings is 1. The monoisotopic (exact) mass is 379 g/mol. The normalized spacial score (nSPS) is 10.8. The molecule has 18 heavy (non-hydrogen) atoms. The maximum absolute atomic E-state index is 13.5. The fraction of sp³-hybridized carbons (Fsp3) is 0.273. The molecule has 2 aromatic rings. The SMILES string of the molecule is CC(=O)NCCn1c(=S)[nH]c2cc(I)c(F)cc21. The van der Waals surface area contributed by atoms with E-state index in [1.165, 1.54) is 13.0 Å². The molecule has 2 N–H and O–H groups in total. The molecule has 4 nitrogen and oxygen atoms in total. The van der Waals surface area contributed by atoms with Gasteiger partial charge >= 0.3 is 0 Å². The second-order valence-corrected chi connectivity index (χ2v) is 5.40. The van der Waals surface area contributed by atoms with E-state index in [1.807, 2.05) is 22.6 Å². The van der Waals surface area contributed by atoms with E-state index >= 15 is 0 Å². The smallest absolute Gasteiger partial charge is 0.216 e. The topological polar surface area (TPSA) is 49.8 Å². The molecule has 0 bridgehead atoms. The molecule has 0 unspecified atom stereocenters. The van der Waals surface area contributed by atoms with Gasteiger partial charge < -0.3 is 14.9 Å². The molecule has 1 amide bonds. The molecule has 0 aliphatic carbocycles. The van der Waals surface area contributed by atoms with Crippen LogP contribution in [-0.2, 0) is 11.3 Å². The van der Waals surface area contributed by atoms with Gasteiger partial charge in [-0.25, -0.2) is 4.39 Å². The van der Waals surface area contributed by atoms with Gasteiger partial charge in [0.05, 0.1) is 14.6 Å². The number of nitrogens with zero attached hydrogens (tertiary/aromatic N) is 1. The van der Waals surface area contributed by atoms with Gasteiger partial charge in [-0.05, 0) is 40.9 Å². The first-order valence-electron chi connectivity index (χ1n) is 5.31. The van der Waals surface area contributed by atoms with Crippen molar-refractivity contribution in [1.82, 2.24) is 14.9 Å². The zero-order valence-corrected chi connectivity index (χ0v) is 12.6. The van der Waals surface area contributed by atoms with Crippen LogP contribution in [0.25, 0.3) is 11.0 Å². The van der Waals surface area contributed by atoms with Gasteiger partial charge in [0.25, 0.3) is 0 Å². The van der Waals surface area contributed by atoms with E-state index in [0.717, 1.165) is 5.52 Å². The number of benzene rings is 1. The Hall–Kier alpha value is -0.960. The molecule has 0 aliphatic rings. The van der Waals surface area contributed by atoms with E-state index < -0.39 is 0 Å². The first-order valence-corrected chi connectivity index (χ1v) is 6.79. The third kappa shape index (κ3) is 2.72. The van der Waals surface area contributed by atoms with Crippen molar-refractivity contribution in [3.8, 4) is 0 Å². The van der Waals surface area contributed by atoms with E-state index in [0.29, 0.717) is 26.9 Å². The van der Waals surface area contributed by atoms with Gasteiger partial charge in [-0.3, -0.25) is 4.79 Å². The van der Waals surface area contributed by atoms with Crippen LogP contribution in [0.1, 0.15) is 6.92 Å². The molecule has 1 heterocycles. The lowest BCUT2D eigenvalue weighted by atomic mass is 10.3. The Morgan fingerprint density at radius 2 is 2.33 bits per heavy atom. The van der Waals surface area contributed by atoms with Crippen molar-refractivity contribution >= 4 is 51.7 Å². The summed E-state index contributed by atoms with van der Waals surface area (Å²) in [6, 6.07) is 3.17. The minimum atomic E-state index is -0.273. The summed E-state index contributed by atoms with van der Waals surface area (Å²) < 4.78 is 16.4. The van der Waals surface area contributed by atoms with Gasteiger partial charge in [-0.15, -0.1) is 0 Å². The second-order valence-electron chi connectivity index (χ2n) is 3.85. The molecular formula is C11H11FIN3OS. The lowest BCUT2D eigenvalue weighted by molar-refractivity contribution is -0.118. The minimum absolute atomic E-state index is 0.0953. The highest BCUT2D eigenvalue weighted by Crippen LogP contribution is 2.20. The molecule has 2 rings (SSSR count). The molecule has 1 aromatic carbocycles. The largest absolute Gasteiger partial charge is 0.355 e. The summed E-state index contributed by atoms with van der Waals surface area (Å²) in [5.74, 6) is -0.368. The first-order chi connectivity index (χ1) is 8.49. The standard InChI is InChI=1S/C11H11FIN3OS/c1-6(17)14-2-3-16-10-4-7(12)8(13)5-9(10)15-11(16)18/h4-5H,2-3H2,1H3,(H,14,17)(H,15,18). The van der Waals surface area contributed by atoms with Gasteiger partial charge in [0.2, 0.25) is 5.91 Å². The molecule has 0 fully saturated rings. The Labute approximate surface area is 122 Å². The fourth-order valence-corrected chi connectivity index (χ4v) is 2.48. The highest BCUT2D eigenvalue weighted by molar-refractivity contribution is 14.1. The Bertz CT molecular complexity index is 664. The van der Waals surface area contributed by atoms with Gasteiger partial charge in [0.15, 0.2) is 4.77 Å². The maximum Gasteiger partial charge on any atom is 0.216 e. The van der Waals surface area contributed by atoms with Crippen molar-refractivity contribution in [1.29, 1.82) is 0 Å². The van der Waals surface area contributed by atoms with Crippen molar-refractivity contribution in [2.45, 2.75) is 13.5 Å². The quantitative estimate of drug-likeness (QED) is 0.636. The Balaban J connectivity index is 2.37. The summed E-state index contributed by atoms with van der Waals surface area (Å²) in [6.07, 6.45) is 0. The van der Waals surface area contributed by atoms with E-state index in [-0.39, 0.29) is 11.7 Å². The lowest BCUT2D eigenvalue weighted by Crippen LogP contribution is -2.24. The minimum Gasteiger partial charge on any atom is -0.355 e. The number of aromatic amines is 1. The number of nitrogens with one attached hydrogen (secondary N) is 2. The van der Waals surface area contributed by atoms with Crippen molar-refractivity contribution in [2.75, 3.05) is 6.54 Å². The van der Waals surface area contributed by atoms with Crippen molar-refractivity contribution in [2.24, 2.45) is 0 Å². The van der Waals surface area contributed by atoms with Crippen LogP contribution in [0, 0.1) is 14.2 Å². The number of amides is 1. The second kappa shape index (κ2) is 5.35. The van der Waals surface area contributed by atoms with Crippen LogP contribution < -0.4 is 5.32 Å². The van der Waals surface area contributed by atoms with Crippen molar-refractivity contribution in [3.63, 3.8) is 0 Å². The summed E-state index contributed by atoms with van der Waals surface area (Å²) in [6.45, 7) is 2.43. The summed E-state index contributed by atoms with van der Waals surface area (Å²) in [5.41, 5.74) is 1.51. The fourth-order valence-electron chi connectivity index (χ4n) is 1.72. The van der Waals surface area contributed by atoms with Crippen LogP contribution >= 0.6 is 34.8 Å². The highest BCUT2D eigenvalue weighted by Gasteiger charge is 2.08. The number of H-pyrrole nitrogens is 1. The van der Waals surface area contributed by atoms with Crippen LogP contribution in [0.2, 0.25) is 0 Å². The van der Waals surface area contributed by atoms with Crippen LogP contribution in [0.3, 0.4) is 0 Å².